The number of carbonyl (C=O) groups excluding carboxylic acids is 1. The minimum atomic E-state index is -0.0456. The first-order valence-electron chi connectivity index (χ1n) is 8.83. The van der Waals surface area contributed by atoms with Crippen LogP contribution >= 0.6 is 15.9 Å². The van der Waals surface area contributed by atoms with Gasteiger partial charge in [0.15, 0.2) is 11.5 Å². The summed E-state index contributed by atoms with van der Waals surface area (Å²) < 4.78 is 11.9. The summed E-state index contributed by atoms with van der Waals surface area (Å²) in [5.74, 6) is 1.31. The minimum Gasteiger partial charge on any atom is -0.486 e. The van der Waals surface area contributed by atoms with E-state index in [1.54, 1.807) is 0 Å². The average Bonchev–Trinajstić information content (AvgIpc) is 2.62. The number of nitrogens with one attached hydrogen (secondary N) is 1. The molecule has 2 heterocycles. The first-order chi connectivity index (χ1) is 12.6. The highest BCUT2D eigenvalue weighted by molar-refractivity contribution is 9.10. The molecule has 0 unspecified atom stereocenters. The molecule has 0 saturated carbocycles. The Morgan fingerprint density at radius 3 is 2.77 bits per heavy atom. The lowest BCUT2D eigenvalue weighted by Gasteiger charge is -2.31. The van der Waals surface area contributed by atoms with Gasteiger partial charge in [0, 0.05) is 28.8 Å². The summed E-state index contributed by atoms with van der Waals surface area (Å²) in [6.45, 7) is 4.39. The Bertz CT molecular complexity index is 853. The molecule has 0 atom stereocenters. The molecule has 0 saturated heterocycles. The highest BCUT2D eigenvalue weighted by Gasteiger charge is 2.21. The second kappa shape index (κ2) is 7.19. The number of aryl methyl sites for hydroxylation is 2. The molecule has 2 aromatic rings. The summed E-state index contributed by atoms with van der Waals surface area (Å²) in [7, 11) is 0. The second-order valence-electron chi connectivity index (χ2n) is 6.68. The van der Waals surface area contributed by atoms with E-state index >= 15 is 0 Å². The summed E-state index contributed by atoms with van der Waals surface area (Å²) in [6, 6.07) is 10.1. The number of carbonyl (C=O) groups is 1. The second-order valence-corrected chi connectivity index (χ2v) is 7.54. The Hall–Kier alpha value is -2.21. The number of ether oxygens (including phenoxy) is 2. The van der Waals surface area contributed by atoms with Crippen LogP contribution in [0.5, 0.6) is 11.5 Å². The van der Waals surface area contributed by atoms with E-state index < -0.39 is 0 Å². The fourth-order valence-electron chi connectivity index (χ4n) is 3.49. The number of halogens is 1. The molecule has 136 valence electrons. The van der Waals surface area contributed by atoms with Gasteiger partial charge in [0.2, 0.25) is 5.91 Å². The highest BCUT2D eigenvalue weighted by Crippen LogP contribution is 2.38. The fourth-order valence-corrected chi connectivity index (χ4v) is 3.91. The molecular weight excluding hydrogens is 396 g/mol. The molecule has 2 aromatic carbocycles. The number of anilines is 2. The quantitative estimate of drug-likeness (QED) is 0.823. The smallest absolute Gasteiger partial charge is 0.243 e. The van der Waals surface area contributed by atoms with E-state index in [1.807, 2.05) is 12.1 Å². The molecule has 2 aliphatic rings. The van der Waals surface area contributed by atoms with Gasteiger partial charge in [-0.1, -0.05) is 17.7 Å². The largest absolute Gasteiger partial charge is 0.486 e. The van der Waals surface area contributed by atoms with Crippen LogP contribution in [0.25, 0.3) is 0 Å². The van der Waals surface area contributed by atoms with Crippen LogP contribution in [0.4, 0.5) is 11.4 Å². The van der Waals surface area contributed by atoms with E-state index in [2.05, 4.69) is 51.3 Å². The van der Waals surface area contributed by atoms with Crippen molar-refractivity contribution < 1.29 is 14.3 Å². The van der Waals surface area contributed by atoms with Gasteiger partial charge in [0.05, 0.1) is 12.2 Å². The molecule has 26 heavy (non-hydrogen) atoms. The lowest BCUT2D eigenvalue weighted by molar-refractivity contribution is -0.115. The monoisotopic (exact) mass is 416 g/mol. The summed E-state index contributed by atoms with van der Waals surface area (Å²) in [5.41, 5.74) is 4.44. The van der Waals surface area contributed by atoms with Gasteiger partial charge < -0.3 is 19.7 Å². The molecule has 0 spiro atoms. The van der Waals surface area contributed by atoms with Gasteiger partial charge in [0.25, 0.3) is 0 Å². The van der Waals surface area contributed by atoms with Crippen LogP contribution in [0.2, 0.25) is 0 Å². The maximum atomic E-state index is 12.6. The van der Waals surface area contributed by atoms with Crippen molar-refractivity contribution in [1.29, 1.82) is 0 Å². The van der Waals surface area contributed by atoms with E-state index in [1.165, 1.54) is 16.8 Å². The van der Waals surface area contributed by atoms with E-state index in [0.717, 1.165) is 23.9 Å². The van der Waals surface area contributed by atoms with Crippen molar-refractivity contribution in [2.75, 3.05) is 36.5 Å². The Kier molecular flexibility index (Phi) is 4.76. The lowest BCUT2D eigenvalue weighted by atomic mass is 9.99. The van der Waals surface area contributed by atoms with Crippen LogP contribution in [0.1, 0.15) is 17.5 Å². The van der Waals surface area contributed by atoms with Gasteiger partial charge in [-0.15, -0.1) is 0 Å². The van der Waals surface area contributed by atoms with Crippen LogP contribution in [-0.4, -0.2) is 32.2 Å². The maximum Gasteiger partial charge on any atom is 0.243 e. The minimum absolute atomic E-state index is 0.0456. The summed E-state index contributed by atoms with van der Waals surface area (Å²) in [4.78, 5) is 14.8. The van der Waals surface area contributed by atoms with Crippen LogP contribution < -0.4 is 19.7 Å². The molecule has 1 amide bonds. The third kappa shape index (κ3) is 3.51. The van der Waals surface area contributed by atoms with Gasteiger partial charge in [-0.2, -0.15) is 0 Å². The lowest BCUT2D eigenvalue weighted by Crippen LogP contribution is -2.36. The Labute approximate surface area is 161 Å². The van der Waals surface area contributed by atoms with Crippen molar-refractivity contribution >= 4 is 33.2 Å². The first-order valence-corrected chi connectivity index (χ1v) is 9.63. The molecule has 1 N–H and O–H groups in total. The van der Waals surface area contributed by atoms with E-state index in [4.69, 9.17) is 9.47 Å². The Morgan fingerprint density at radius 1 is 1.19 bits per heavy atom. The molecule has 0 bridgehead atoms. The van der Waals surface area contributed by atoms with E-state index in [-0.39, 0.29) is 5.91 Å². The number of amides is 1. The molecule has 2 aliphatic heterocycles. The summed E-state index contributed by atoms with van der Waals surface area (Å²) >= 11 is 3.50. The van der Waals surface area contributed by atoms with E-state index in [9.17, 15) is 4.79 Å². The molecule has 0 fully saturated rings. The van der Waals surface area contributed by atoms with Crippen LogP contribution in [0.15, 0.2) is 34.8 Å². The molecule has 0 radical (unpaired) electrons. The number of hydrogen-bond donors (Lipinski definition) is 1. The highest BCUT2D eigenvalue weighted by atomic mass is 79.9. The van der Waals surface area contributed by atoms with Crippen molar-refractivity contribution in [1.82, 2.24) is 0 Å². The van der Waals surface area contributed by atoms with Crippen molar-refractivity contribution in [2.45, 2.75) is 19.8 Å². The third-order valence-corrected chi connectivity index (χ3v) is 5.35. The van der Waals surface area contributed by atoms with Crippen LogP contribution in [0.3, 0.4) is 0 Å². The van der Waals surface area contributed by atoms with E-state index in [0.29, 0.717) is 36.9 Å². The van der Waals surface area contributed by atoms with Crippen LogP contribution in [-0.2, 0) is 11.2 Å². The predicted octanol–water partition coefficient (Wildman–Crippen LogP) is 3.92. The maximum absolute atomic E-state index is 12.6. The van der Waals surface area contributed by atoms with Crippen molar-refractivity contribution in [3.63, 3.8) is 0 Å². The zero-order valence-corrected chi connectivity index (χ0v) is 16.3. The van der Waals surface area contributed by atoms with Gasteiger partial charge >= 0.3 is 0 Å². The molecule has 0 aromatic heterocycles. The number of hydrogen-bond acceptors (Lipinski definition) is 4. The molecule has 6 heteroatoms. The standard InChI is InChI=1S/C20H21BrN2O3/c1-13-4-5-17-14(9-13)3-2-6-23(17)12-20(24)22-16-11-19-18(10-15(16)21)25-7-8-26-19/h4-5,9-11H,2-3,6-8,12H2,1H3,(H,22,24). The van der Waals surface area contributed by atoms with Crippen molar-refractivity contribution in [2.24, 2.45) is 0 Å². The zero-order valence-electron chi connectivity index (χ0n) is 14.7. The van der Waals surface area contributed by atoms with Crippen LogP contribution in [0, 0.1) is 6.92 Å². The first kappa shape index (κ1) is 17.2. The summed E-state index contributed by atoms with van der Waals surface area (Å²) in [5, 5.41) is 2.99. The number of fused-ring (bicyclic) bond motifs is 2. The fraction of sp³-hybridized carbons (Fsp3) is 0.350. The number of rotatable bonds is 3. The van der Waals surface area contributed by atoms with Gasteiger partial charge in [0.1, 0.15) is 13.2 Å². The zero-order chi connectivity index (χ0) is 18.1. The molecule has 5 nitrogen and oxygen atoms in total. The third-order valence-electron chi connectivity index (χ3n) is 4.69. The van der Waals surface area contributed by atoms with Gasteiger partial charge in [-0.3, -0.25) is 4.79 Å². The topological polar surface area (TPSA) is 50.8 Å². The van der Waals surface area contributed by atoms with Crippen molar-refractivity contribution in [3.05, 3.63) is 45.9 Å². The Morgan fingerprint density at radius 2 is 1.96 bits per heavy atom. The molecule has 4 rings (SSSR count). The SMILES string of the molecule is Cc1ccc2c(c1)CCCN2CC(=O)Nc1cc2c(cc1Br)OCCO2. The normalized spacial score (nSPS) is 15.4. The van der Waals surface area contributed by atoms with Gasteiger partial charge in [-0.25, -0.2) is 0 Å². The molecular formula is C20H21BrN2O3. The summed E-state index contributed by atoms with van der Waals surface area (Å²) in [6.07, 6.45) is 2.14. The number of nitrogens with zero attached hydrogens (tertiary/aromatic N) is 1. The van der Waals surface area contributed by atoms with Crippen molar-refractivity contribution in [3.8, 4) is 11.5 Å². The number of benzene rings is 2. The molecule has 0 aliphatic carbocycles. The van der Waals surface area contributed by atoms with Gasteiger partial charge in [-0.05, 0) is 47.3 Å². The predicted molar refractivity (Wildman–Crippen MR) is 105 cm³/mol. The average molecular weight is 417 g/mol. The Balaban J connectivity index is 1.49.